The lowest BCUT2D eigenvalue weighted by Gasteiger charge is -2.40. The number of anilines is 2. The van der Waals surface area contributed by atoms with Crippen LogP contribution in [0.5, 0.6) is 5.75 Å². The highest BCUT2D eigenvalue weighted by molar-refractivity contribution is 5.96. The molecule has 0 bridgehead atoms. The number of carbonyl (C=O) groups excluding carboxylic acids is 2. The maximum atomic E-state index is 13.4. The van der Waals surface area contributed by atoms with Crippen LogP contribution < -0.4 is 15.8 Å². The van der Waals surface area contributed by atoms with Gasteiger partial charge in [0.15, 0.2) is 11.5 Å². The van der Waals surface area contributed by atoms with Crippen molar-refractivity contribution >= 4 is 29.1 Å². The van der Waals surface area contributed by atoms with E-state index < -0.39 is 6.61 Å². The number of rotatable bonds is 7. The Morgan fingerprint density at radius 1 is 1.04 bits per heavy atom. The number of nitrogens with one attached hydrogen (secondary N) is 1. The maximum absolute atomic E-state index is 13.4. The van der Waals surface area contributed by atoms with Gasteiger partial charge in [0.05, 0.1) is 24.6 Å². The summed E-state index contributed by atoms with van der Waals surface area (Å²) in [6.45, 7) is 2.68. The second-order valence-electron chi connectivity index (χ2n) is 10.9. The molecule has 4 aromatic rings. The smallest absolute Gasteiger partial charge is 0.387 e. The van der Waals surface area contributed by atoms with Crippen LogP contribution in [0.3, 0.4) is 0 Å². The largest absolute Gasteiger partial charge is 0.435 e. The Bertz CT molecular complexity index is 1670. The minimum atomic E-state index is -2.89. The number of ether oxygens (including phenoxy) is 2. The maximum Gasteiger partial charge on any atom is 0.387 e. The highest BCUT2D eigenvalue weighted by Gasteiger charge is 2.31. The van der Waals surface area contributed by atoms with E-state index in [1.54, 1.807) is 51.5 Å². The number of benzene rings is 2. The molecule has 2 aromatic heterocycles. The lowest BCUT2D eigenvalue weighted by atomic mass is 10.1. The average molecular weight is 621 g/mol. The van der Waals surface area contributed by atoms with Crippen molar-refractivity contribution in [3.63, 3.8) is 0 Å². The summed E-state index contributed by atoms with van der Waals surface area (Å²) in [5.74, 6) is 0.508. The molecule has 2 saturated heterocycles. The molecule has 2 aromatic carbocycles. The van der Waals surface area contributed by atoms with Gasteiger partial charge in [-0.2, -0.15) is 8.78 Å². The van der Waals surface area contributed by atoms with E-state index in [9.17, 15) is 18.4 Å². The lowest BCUT2D eigenvalue weighted by molar-refractivity contribution is -0.0498. The van der Waals surface area contributed by atoms with E-state index >= 15 is 0 Å². The number of nitrogens with zero attached hydrogens (tertiary/aromatic N) is 6. The number of nitrogens with two attached hydrogens (primary N) is 1. The highest BCUT2D eigenvalue weighted by atomic mass is 19.3. The molecule has 1 unspecified atom stereocenters. The van der Waals surface area contributed by atoms with E-state index in [2.05, 4.69) is 20.0 Å². The number of hydrogen-bond acceptors (Lipinski definition) is 8. The molecular formula is C31H34F2N8O4. The van der Waals surface area contributed by atoms with Gasteiger partial charge in [0.25, 0.3) is 5.91 Å². The van der Waals surface area contributed by atoms with Crippen LogP contribution >= 0.6 is 0 Å². The van der Waals surface area contributed by atoms with Gasteiger partial charge in [-0.1, -0.05) is 0 Å². The summed E-state index contributed by atoms with van der Waals surface area (Å²) >= 11 is 0. The third-order valence-electron chi connectivity index (χ3n) is 8.03. The molecule has 3 amide bonds. The molecular weight excluding hydrogens is 586 g/mol. The molecule has 236 valence electrons. The summed E-state index contributed by atoms with van der Waals surface area (Å²) in [5.41, 5.74) is 9.93. The van der Waals surface area contributed by atoms with Gasteiger partial charge in [0.2, 0.25) is 0 Å². The third-order valence-corrected chi connectivity index (χ3v) is 8.03. The summed E-state index contributed by atoms with van der Waals surface area (Å²) in [4.78, 5) is 40.8. The molecule has 2 aliphatic heterocycles. The summed E-state index contributed by atoms with van der Waals surface area (Å²) < 4.78 is 36.9. The number of urea groups is 1. The normalized spacial score (nSPS) is 17.2. The molecule has 2 aliphatic rings. The topological polar surface area (TPSA) is 131 Å². The van der Waals surface area contributed by atoms with Crippen LogP contribution in [0.2, 0.25) is 0 Å². The molecule has 0 aliphatic carbocycles. The number of halogens is 2. The Kier molecular flexibility index (Phi) is 8.76. The molecule has 12 nitrogen and oxygen atoms in total. The quantitative estimate of drug-likeness (QED) is 0.321. The van der Waals surface area contributed by atoms with Gasteiger partial charge in [0.1, 0.15) is 5.75 Å². The number of piperazine rings is 1. The minimum absolute atomic E-state index is 0.0407. The van der Waals surface area contributed by atoms with E-state index in [1.807, 2.05) is 23.5 Å². The number of aromatic nitrogens is 3. The molecule has 45 heavy (non-hydrogen) atoms. The summed E-state index contributed by atoms with van der Waals surface area (Å²) in [7, 11) is 0. The zero-order valence-corrected chi connectivity index (χ0v) is 24.7. The fraction of sp³-hybridized carbons (Fsp3) is 0.355. The Morgan fingerprint density at radius 2 is 1.80 bits per heavy atom. The number of imidazole rings is 1. The first kappa shape index (κ1) is 30.2. The lowest BCUT2D eigenvalue weighted by Crippen LogP contribution is -2.57. The zero-order chi connectivity index (χ0) is 31.5. The predicted molar refractivity (Wildman–Crippen MR) is 163 cm³/mol. The van der Waals surface area contributed by atoms with Crippen molar-refractivity contribution in [2.45, 2.75) is 19.6 Å². The molecule has 1 atom stereocenters. The Hall–Kier alpha value is -4.82. The van der Waals surface area contributed by atoms with Crippen LogP contribution in [0.15, 0.2) is 61.1 Å². The Balaban J connectivity index is 1.10. The van der Waals surface area contributed by atoms with Crippen molar-refractivity contribution in [2.75, 3.05) is 57.7 Å². The number of aryl methyl sites for hydroxylation is 1. The van der Waals surface area contributed by atoms with Gasteiger partial charge in [-0.05, 0) is 55.0 Å². The Labute approximate surface area is 258 Å². The number of morpholine rings is 1. The monoisotopic (exact) mass is 620 g/mol. The standard InChI is InChI=1S/C31H34F2N8O4/c1-20-16-22(37-27-28-36-18-26(41(28)9-8-35-27)21-2-5-23(6-3-21)45-30(32)33)4-7-25(20)29(42)38-10-12-39(13-11-38)31(43)40-14-15-44-24(17-34)19-40/h2-9,16,18,24,30H,10-15,17,19,34H2,1H3,(H,35,37). The fourth-order valence-corrected chi connectivity index (χ4v) is 5.65. The van der Waals surface area contributed by atoms with Gasteiger partial charge in [-0.25, -0.2) is 14.8 Å². The molecule has 0 saturated carbocycles. The molecule has 3 N–H and O–H groups in total. The summed E-state index contributed by atoms with van der Waals surface area (Å²) in [6.07, 6.45) is 4.95. The molecule has 14 heteroatoms. The van der Waals surface area contributed by atoms with E-state index in [4.69, 9.17) is 10.5 Å². The van der Waals surface area contributed by atoms with E-state index in [0.29, 0.717) is 69.4 Å². The third kappa shape index (κ3) is 6.51. The number of fused-ring (bicyclic) bond motifs is 1. The minimum Gasteiger partial charge on any atom is -0.435 e. The molecule has 0 radical (unpaired) electrons. The molecule has 2 fully saturated rings. The summed E-state index contributed by atoms with van der Waals surface area (Å²) in [6, 6.07) is 11.8. The molecule has 6 rings (SSSR count). The van der Waals surface area contributed by atoms with Crippen LogP contribution in [0.1, 0.15) is 15.9 Å². The number of carbonyl (C=O) groups is 2. The van der Waals surface area contributed by atoms with Crippen molar-refractivity contribution in [3.05, 3.63) is 72.2 Å². The second-order valence-corrected chi connectivity index (χ2v) is 10.9. The van der Waals surface area contributed by atoms with Crippen molar-refractivity contribution in [2.24, 2.45) is 5.73 Å². The Morgan fingerprint density at radius 3 is 2.51 bits per heavy atom. The van der Waals surface area contributed by atoms with Crippen LogP contribution in [-0.2, 0) is 4.74 Å². The van der Waals surface area contributed by atoms with E-state index in [-0.39, 0.29) is 23.8 Å². The first-order valence-electron chi connectivity index (χ1n) is 14.7. The highest BCUT2D eigenvalue weighted by Crippen LogP contribution is 2.28. The van der Waals surface area contributed by atoms with Gasteiger partial charge in [-0.15, -0.1) is 0 Å². The predicted octanol–water partition coefficient (Wildman–Crippen LogP) is 3.59. The van der Waals surface area contributed by atoms with Crippen molar-refractivity contribution in [1.29, 1.82) is 0 Å². The van der Waals surface area contributed by atoms with Crippen molar-refractivity contribution < 1.29 is 27.8 Å². The average Bonchev–Trinajstić information content (AvgIpc) is 3.50. The zero-order valence-electron chi connectivity index (χ0n) is 24.7. The van der Waals surface area contributed by atoms with Gasteiger partial charge in [-0.3, -0.25) is 9.20 Å². The fourth-order valence-electron chi connectivity index (χ4n) is 5.65. The van der Waals surface area contributed by atoms with Crippen LogP contribution in [0.4, 0.5) is 25.1 Å². The van der Waals surface area contributed by atoms with Gasteiger partial charge < -0.3 is 35.2 Å². The molecule has 0 spiro atoms. The number of alkyl halides is 2. The van der Waals surface area contributed by atoms with Gasteiger partial charge >= 0.3 is 12.6 Å². The van der Waals surface area contributed by atoms with Gasteiger partial charge in [0, 0.05) is 75.0 Å². The van der Waals surface area contributed by atoms with Crippen LogP contribution in [0.25, 0.3) is 16.9 Å². The van der Waals surface area contributed by atoms with Crippen molar-refractivity contribution in [1.82, 2.24) is 29.1 Å². The van der Waals surface area contributed by atoms with E-state index in [0.717, 1.165) is 22.5 Å². The second kappa shape index (κ2) is 13.0. The van der Waals surface area contributed by atoms with Crippen molar-refractivity contribution in [3.8, 4) is 17.0 Å². The molecule has 4 heterocycles. The summed E-state index contributed by atoms with van der Waals surface area (Å²) in [5, 5.41) is 3.30. The first-order chi connectivity index (χ1) is 21.8. The van der Waals surface area contributed by atoms with E-state index in [1.165, 1.54) is 12.1 Å². The first-order valence-corrected chi connectivity index (χ1v) is 14.7. The number of hydrogen-bond donors (Lipinski definition) is 2. The number of amides is 3. The van der Waals surface area contributed by atoms with Crippen LogP contribution in [0, 0.1) is 6.92 Å². The SMILES string of the molecule is Cc1cc(Nc2nccn3c(-c4ccc(OC(F)F)cc4)cnc23)ccc1C(=O)N1CCN(C(=O)N2CCOC(CN)C2)CC1. The van der Waals surface area contributed by atoms with Crippen LogP contribution in [-0.4, -0.2) is 106 Å².